The van der Waals surface area contributed by atoms with Crippen LogP contribution in [0.5, 0.6) is 0 Å². The van der Waals surface area contributed by atoms with Crippen molar-refractivity contribution < 1.29 is 9.59 Å². The van der Waals surface area contributed by atoms with E-state index in [0.717, 1.165) is 30.6 Å². The van der Waals surface area contributed by atoms with E-state index in [9.17, 15) is 9.59 Å². The highest BCUT2D eigenvalue weighted by atomic mass is 16.2. The zero-order valence-electron chi connectivity index (χ0n) is 14.8. The van der Waals surface area contributed by atoms with Gasteiger partial charge in [0, 0.05) is 29.5 Å². The summed E-state index contributed by atoms with van der Waals surface area (Å²) in [7, 11) is 0. The number of benzene rings is 2. The van der Waals surface area contributed by atoms with E-state index in [-0.39, 0.29) is 18.0 Å². The van der Waals surface area contributed by atoms with Gasteiger partial charge in [-0.15, -0.1) is 0 Å². The van der Waals surface area contributed by atoms with Gasteiger partial charge in [-0.1, -0.05) is 31.2 Å². The van der Waals surface area contributed by atoms with Crippen molar-refractivity contribution in [2.24, 2.45) is 0 Å². The third-order valence-corrected chi connectivity index (χ3v) is 4.13. The second-order valence-electron chi connectivity index (χ2n) is 6.35. The van der Waals surface area contributed by atoms with Crippen molar-refractivity contribution in [3.05, 3.63) is 59.7 Å². The normalized spacial score (nSPS) is 13.1. The molecule has 3 amide bonds. The zero-order valence-corrected chi connectivity index (χ0v) is 14.8. The molecule has 3 rings (SSSR count). The van der Waals surface area contributed by atoms with E-state index >= 15 is 0 Å². The quantitative estimate of drug-likeness (QED) is 0.617. The summed E-state index contributed by atoms with van der Waals surface area (Å²) in [6.07, 6.45) is 2.06. The first-order valence-electron chi connectivity index (χ1n) is 8.93. The van der Waals surface area contributed by atoms with Crippen molar-refractivity contribution in [3.8, 4) is 0 Å². The Balaban J connectivity index is 1.66. The van der Waals surface area contributed by atoms with E-state index in [0.29, 0.717) is 17.8 Å². The largest absolute Gasteiger partial charge is 0.335 e. The summed E-state index contributed by atoms with van der Waals surface area (Å²) in [4.78, 5) is 24.5. The number of urea groups is 1. The predicted molar refractivity (Wildman–Crippen MR) is 103 cm³/mol. The van der Waals surface area contributed by atoms with Gasteiger partial charge in [0.1, 0.15) is 0 Å². The lowest BCUT2D eigenvalue weighted by atomic mass is 10.1. The van der Waals surface area contributed by atoms with Crippen LogP contribution in [0.4, 0.5) is 16.2 Å². The maximum Gasteiger partial charge on any atom is 0.319 e. The van der Waals surface area contributed by atoms with E-state index < -0.39 is 0 Å². The number of para-hydroxylation sites is 1. The van der Waals surface area contributed by atoms with Gasteiger partial charge >= 0.3 is 6.03 Å². The van der Waals surface area contributed by atoms with Crippen LogP contribution in [0.2, 0.25) is 0 Å². The van der Waals surface area contributed by atoms with E-state index in [1.165, 1.54) is 0 Å². The maximum absolute atomic E-state index is 12.6. The summed E-state index contributed by atoms with van der Waals surface area (Å²) < 4.78 is 0. The number of carbonyl (C=O) groups excluding carboxylic acids is 2. The van der Waals surface area contributed by atoms with Crippen molar-refractivity contribution >= 4 is 23.3 Å². The Morgan fingerprint density at radius 1 is 1.04 bits per heavy atom. The minimum atomic E-state index is -0.235. The lowest BCUT2D eigenvalue weighted by Gasteiger charge is -2.12. The molecule has 0 aromatic heterocycles. The van der Waals surface area contributed by atoms with Crippen molar-refractivity contribution in [3.63, 3.8) is 0 Å². The van der Waals surface area contributed by atoms with E-state index in [1.807, 2.05) is 31.2 Å². The minimum Gasteiger partial charge on any atom is -0.335 e. The lowest BCUT2D eigenvalue weighted by molar-refractivity contribution is 0.102. The molecule has 0 saturated heterocycles. The summed E-state index contributed by atoms with van der Waals surface area (Å²) in [6, 6.07) is 14.7. The molecule has 0 heterocycles. The molecule has 1 aliphatic rings. The summed E-state index contributed by atoms with van der Waals surface area (Å²) in [5.41, 5.74) is 2.90. The van der Waals surface area contributed by atoms with Crippen LogP contribution >= 0.6 is 0 Å². The minimum absolute atomic E-state index is 0.208. The Bertz CT molecular complexity index is 787. The molecule has 0 unspecified atom stereocenters. The molecule has 0 radical (unpaired) electrons. The molecule has 1 saturated carbocycles. The molecule has 4 N–H and O–H groups in total. The third kappa shape index (κ3) is 5.07. The van der Waals surface area contributed by atoms with Crippen LogP contribution in [0.3, 0.4) is 0 Å². The van der Waals surface area contributed by atoms with Crippen molar-refractivity contribution in [1.29, 1.82) is 0 Å². The molecule has 2 aromatic rings. The Hall–Kier alpha value is -2.86. The van der Waals surface area contributed by atoms with Crippen LogP contribution in [0.1, 0.15) is 35.7 Å². The fourth-order valence-electron chi connectivity index (χ4n) is 2.57. The molecule has 26 heavy (non-hydrogen) atoms. The highest BCUT2D eigenvalue weighted by Gasteiger charge is 2.23. The lowest BCUT2D eigenvalue weighted by Crippen LogP contribution is -2.30. The third-order valence-electron chi connectivity index (χ3n) is 4.13. The summed E-state index contributed by atoms with van der Waals surface area (Å²) in [5.74, 6) is -0.208. The van der Waals surface area contributed by atoms with Crippen LogP contribution < -0.4 is 21.3 Å². The van der Waals surface area contributed by atoms with Crippen LogP contribution in [-0.2, 0) is 6.54 Å². The molecule has 0 aliphatic heterocycles. The molecular weight excluding hydrogens is 328 g/mol. The van der Waals surface area contributed by atoms with Gasteiger partial charge in [-0.3, -0.25) is 4.79 Å². The van der Waals surface area contributed by atoms with Gasteiger partial charge in [0.2, 0.25) is 0 Å². The van der Waals surface area contributed by atoms with E-state index in [1.54, 1.807) is 24.3 Å². The Labute approximate surface area is 153 Å². The number of hydrogen-bond donors (Lipinski definition) is 4. The van der Waals surface area contributed by atoms with Crippen LogP contribution in [0.25, 0.3) is 0 Å². The van der Waals surface area contributed by atoms with E-state index in [2.05, 4.69) is 21.3 Å². The van der Waals surface area contributed by atoms with Gasteiger partial charge in [0.05, 0.1) is 0 Å². The topological polar surface area (TPSA) is 82.3 Å². The molecule has 0 spiro atoms. The number of rotatable bonds is 7. The Morgan fingerprint density at radius 2 is 1.85 bits per heavy atom. The average molecular weight is 352 g/mol. The van der Waals surface area contributed by atoms with Gasteiger partial charge in [-0.25, -0.2) is 4.79 Å². The fourth-order valence-corrected chi connectivity index (χ4v) is 2.57. The first-order valence-corrected chi connectivity index (χ1v) is 8.93. The van der Waals surface area contributed by atoms with Gasteiger partial charge in [0.25, 0.3) is 5.91 Å². The van der Waals surface area contributed by atoms with E-state index in [4.69, 9.17) is 0 Å². The predicted octanol–water partition coefficient (Wildman–Crippen LogP) is 3.33. The molecule has 1 aliphatic carbocycles. The van der Waals surface area contributed by atoms with Gasteiger partial charge in [-0.05, 0) is 49.2 Å². The first kappa shape index (κ1) is 17.9. The van der Waals surface area contributed by atoms with Crippen molar-refractivity contribution in [1.82, 2.24) is 10.6 Å². The standard InChI is InChI=1S/C20H24N4O2/c1-2-21-13-15-6-3-4-9-18(15)24-19(25)14-7-5-8-17(12-14)23-20(26)22-16-10-11-16/h3-9,12,16,21H,2,10-11,13H2,1H3,(H,24,25)(H2,22,23,26). The smallest absolute Gasteiger partial charge is 0.319 e. The van der Waals surface area contributed by atoms with Crippen molar-refractivity contribution in [2.45, 2.75) is 32.4 Å². The van der Waals surface area contributed by atoms with Gasteiger partial charge in [0.15, 0.2) is 0 Å². The Morgan fingerprint density at radius 3 is 2.62 bits per heavy atom. The molecule has 1 fully saturated rings. The Kier molecular flexibility index (Phi) is 5.86. The molecule has 0 bridgehead atoms. The summed E-state index contributed by atoms with van der Waals surface area (Å²) in [5, 5.41) is 11.8. The maximum atomic E-state index is 12.6. The number of amides is 3. The van der Waals surface area contributed by atoms with Gasteiger partial charge < -0.3 is 21.3 Å². The molecule has 136 valence electrons. The zero-order chi connectivity index (χ0) is 18.4. The number of anilines is 2. The number of carbonyl (C=O) groups is 2. The second-order valence-corrected chi connectivity index (χ2v) is 6.35. The molecular formula is C20H24N4O2. The van der Waals surface area contributed by atoms with Crippen LogP contribution in [0.15, 0.2) is 48.5 Å². The van der Waals surface area contributed by atoms with Crippen molar-refractivity contribution in [2.75, 3.05) is 17.2 Å². The van der Waals surface area contributed by atoms with Crippen LogP contribution in [-0.4, -0.2) is 24.5 Å². The molecule has 2 aromatic carbocycles. The number of hydrogen-bond acceptors (Lipinski definition) is 3. The second kappa shape index (κ2) is 8.49. The summed E-state index contributed by atoms with van der Waals surface area (Å²) in [6.45, 7) is 3.59. The first-order chi connectivity index (χ1) is 12.7. The summed E-state index contributed by atoms with van der Waals surface area (Å²) >= 11 is 0. The molecule has 6 nitrogen and oxygen atoms in total. The molecule has 6 heteroatoms. The van der Waals surface area contributed by atoms with Crippen LogP contribution in [0, 0.1) is 0 Å². The number of nitrogens with one attached hydrogen (secondary N) is 4. The van der Waals surface area contributed by atoms with Gasteiger partial charge in [-0.2, -0.15) is 0 Å². The highest BCUT2D eigenvalue weighted by Crippen LogP contribution is 2.20. The molecule has 0 atom stereocenters. The SMILES string of the molecule is CCNCc1ccccc1NC(=O)c1cccc(NC(=O)NC2CC2)c1. The monoisotopic (exact) mass is 352 g/mol. The average Bonchev–Trinajstić information content (AvgIpc) is 3.45. The highest BCUT2D eigenvalue weighted by molar-refractivity contribution is 6.05. The fraction of sp³-hybridized carbons (Fsp3) is 0.300.